The van der Waals surface area contributed by atoms with E-state index in [1.54, 1.807) is 0 Å². The molecule has 0 aromatic carbocycles. The second-order valence-electron chi connectivity index (χ2n) is 4.26. The van der Waals surface area contributed by atoms with Crippen LogP contribution in [0.1, 0.15) is 34.1 Å². The van der Waals surface area contributed by atoms with E-state index in [0.717, 1.165) is 39.3 Å². The summed E-state index contributed by atoms with van der Waals surface area (Å²) in [6.45, 7) is 12.8. The zero-order valence-corrected chi connectivity index (χ0v) is 10.7. The zero-order chi connectivity index (χ0) is 11.5. The van der Waals surface area contributed by atoms with Crippen LogP contribution in [0.4, 0.5) is 0 Å². The van der Waals surface area contributed by atoms with Gasteiger partial charge in [0.25, 0.3) is 0 Å². The highest BCUT2D eigenvalue weighted by atomic mass is 16.5. The molecule has 0 aliphatic heterocycles. The van der Waals surface area contributed by atoms with Gasteiger partial charge in [0.1, 0.15) is 0 Å². The number of rotatable bonds is 10. The average molecular weight is 217 g/mol. The lowest BCUT2D eigenvalue weighted by Gasteiger charge is -2.15. The molecule has 0 heterocycles. The fourth-order valence-corrected chi connectivity index (χ4v) is 1.48. The van der Waals surface area contributed by atoms with Gasteiger partial charge in [0.15, 0.2) is 0 Å². The number of hydrogen-bond donors (Lipinski definition) is 1. The van der Waals surface area contributed by atoms with Gasteiger partial charge in [-0.3, -0.25) is 0 Å². The van der Waals surface area contributed by atoms with Crippen LogP contribution in [0.2, 0.25) is 0 Å². The lowest BCUT2D eigenvalue weighted by Crippen LogP contribution is -2.25. The van der Waals surface area contributed by atoms with Crippen LogP contribution in [0.25, 0.3) is 0 Å². The van der Waals surface area contributed by atoms with Crippen molar-refractivity contribution in [1.29, 1.82) is 0 Å². The molecule has 0 aromatic heterocycles. The summed E-state index contributed by atoms with van der Waals surface area (Å²) in [6, 6.07) is 0. The molecule has 92 valence electrons. The van der Waals surface area contributed by atoms with Crippen molar-refractivity contribution in [2.75, 3.05) is 32.9 Å². The van der Waals surface area contributed by atoms with Crippen molar-refractivity contribution in [3.63, 3.8) is 0 Å². The van der Waals surface area contributed by atoms with Crippen LogP contribution in [-0.2, 0) is 9.47 Å². The Bertz CT molecular complexity index is 129. The molecule has 0 aliphatic rings. The molecule has 0 saturated heterocycles. The Kier molecular flexibility index (Phi) is 10.3. The molecule has 0 saturated carbocycles. The number of nitrogens with one attached hydrogen (secondary N) is 1. The molecule has 3 nitrogen and oxygen atoms in total. The lowest BCUT2D eigenvalue weighted by molar-refractivity contribution is 0.0528. The molecule has 0 amide bonds. The van der Waals surface area contributed by atoms with Gasteiger partial charge in [-0.2, -0.15) is 0 Å². The molecule has 3 heteroatoms. The second-order valence-corrected chi connectivity index (χ2v) is 4.26. The minimum Gasteiger partial charge on any atom is -0.380 e. The Hall–Kier alpha value is -0.120. The van der Waals surface area contributed by atoms with Gasteiger partial charge in [-0.05, 0) is 26.2 Å². The Morgan fingerprint density at radius 1 is 1.07 bits per heavy atom. The summed E-state index contributed by atoms with van der Waals surface area (Å²) in [4.78, 5) is 0. The highest BCUT2D eigenvalue weighted by Gasteiger charge is 2.04. The third-order valence-electron chi connectivity index (χ3n) is 2.11. The zero-order valence-electron chi connectivity index (χ0n) is 10.7. The first-order valence-corrected chi connectivity index (χ1v) is 6.06. The summed E-state index contributed by atoms with van der Waals surface area (Å²) in [5, 5.41) is 3.28. The summed E-state index contributed by atoms with van der Waals surface area (Å²) < 4.78 is 10.9. The molecular weight excluding hydrogens is 190 g/mol. The summed E-state index contributed by atoms with van der Waals surface area (Å²) in [5.41, 5.74) is 0. The lowest BCUT2D eigenvalue weighted by atomic mass is 10.1. The average Bonchev–Trinajstić information content (AvgIpc) is 2.15. The normalized spacial score (nSPS) is 13.4. The fourth-order valence-electron chi connectivity index (χ4n) is 1.48. The predicted molar refractivity (Wildman–Crippen MR) is 64.2 cm³/mol. The van der Waals surface area contributed by atoms with E-state index in [2.05, 4.69) is 26.1 Å². The molecule has 1 unspecified atom stereocenters. The van der Waals surface area contributed by atoms with Crippen LogP contribution in [0.5, 0.6) is 0 Å². The molecule has 0 bridgehead atoms. The van der Waals surface area contributed by atoms with E-state index in [0.29, 0.717) is 12.0 Å². The number of ether oxygens (including phenoxy) is 2. The van der Waals surface area contributed by atoms with Crippen LogP contribution < -0.4 is 5.32 Å². The maximum atomic E-state index is 5.66. The third-order valence-corrected chi connectivity index (χ3v) is 2.11. The van der Waals surface area contributed by atoms with Gasteiger partial charge in [0.2, 0.25) is 0 Å². The van der Waals surface area contributed by atoms with Crippen molar-refractivity contribution in [3.8, 4) is 0 Å². The van der Waals surface area contributed by atoms with Crippen molar-refractivity contribution >= 4 is 0 Å². The predicted octanol–water partition coefficient (Wildman–Crippen LogP) is 2.06. The van der Waals surface area contributed by atoms with E-state index >= 15 is 0 Å². The topological polar surface area (TPSA) is 30.5 Å². The molecule has 1 atom stereocenters. The maximum Gasteiger partial charge on any atom is 0.0594 e. The van der Waals surface area contributed by atoms with Crippen LogP contribution >= 0.6 is 0 Å². The highest BCUT2D eigenvalue weighted by Crippen LogP contribution is 2.06. The minimum atomic E-state index is 0.374. The summed E-state index contributed by atoms with van der Waals surface area (Å²) in [5.74, 6) is 0.714. The third kappa shape index (κ3) is 11.8. The maximum absolute atomic E-state index is 5.66. The van der Waals surface area contributed by atoms with Gasteiger partial charge in [-0.25, -0.2) is 0 Å². The standard InChI is InChI=1S/C12H27NO2/c1-5-14-8-6-13-7-9-15-12(4)10-11(2)3/h11-13H,5-10H2,1-4H3. The molecule has 0 rings (SSSR count). The van der Waals surface area contributed by atoms with Gasteiger partial charge in [0, 0.05) is 19.7 Å². The molecule has 15 heavy (non-hydrogen) atoms. The van der Waals surface area contributed by atoms with E-state index in [4.69, 9.17) is 9.47 Å². The van der Waals surface area contributed by atoms with E-state index in [1.807, 2.05) is 6.92 Å². The minimum absolute atomic E-state index is 0.374. The van der Waals surface area contributed by atoms with E-state index in [9.17, 15) is 0 Å². The van der Waals surface area contributed by atoms with E-state index in [-0.39, 0.29) is 0 Å². The first-order valence-electron chi connectivity index (χ1n) is 6.06. The molecule has 0 aliphatic carbocycles. The van der Waals surface area contributed by atoms with Gasteiger partial charge in [-0.15, -0.1) is 0 Å². The molecule has 0 radical (unpaired) electrons. The first kappa shape index (κ1) is 14.9. The SMILES string of the molecule is CCOCCNCCOC(C)CC(C)C. The molecule has 0 aromatic rings. The van der Waals surface area contributed by atoms with Crippen molar-refractivity contribution in [2.24, 2.45) is 5.92 Å². The van der Waals surface area contributed by atoms with Crippen LogP contribution in [0.15, 0.2) is 0 Å². The van der Waals surface area contributed by atoms with Gasteiger partial charge in [-0.1, -0.05) is 13.8 Å². The quantitative estimate of drug-likeness (QED) is 0.568. The molecule has 0 fully saturated rings. The fraction of sp³-hybridized carbons (Fsp3) is 1.00. The van der Waals surface area contributed by atoms with Crippen molar-refractivity contribution in [3.05, 3.63) is 0 Å². The largest absolute Gasteiger partial charge is 0.380 e. The highest BCUT2D eigenvalue weighted by molar-refractivity contribution is 4.54. The Morgan fingerprint density at radius 2 is 1.73 bits per heavy atom. The number of hydrogen-bond acceptors (Lipinski definition) is 3. The van der Waals surface area contributed by atoms with Crippen molar-refractivity contribution in [1.82, 2.24) is 5.32 Å². The van der Waals surface area contributed by atoms with Gasteiger partial charge < -0.3 is 14.8 Å². The molecule has 0 spiro atoms. The van der Waals surface area contributed by atoms with Crippen LogP contribution in [-0.4, -0.2) is 39.0 Å². The summed E-state index contributed by atoms with van der Waals surface area (Å²) in [7, 11) is 0. The Balaban J connectivity index is 3.09. The van der Waals surface area contributed by atoms with E-state index in [1.165, 1.54) is 0 Å². The van der Waals surface area contributed by atoms with Crippen LogP contribution in [0, 0.1) is 5.92 Å². The van der Waals surface area contributed by atoms with E-state index < -0.39 is 0 Å². The second kappa shape index (κ2) is 10.4. The van der Waals surface area contributed by atoms with Gasteiger partial charge in [0.05, 0.1) is 19.3 Å². The first-order chi connectivity index (χ1) is 7.16. The van der Waals surface area contributed by atoms with Gasteiger partial charge >= 0.3 is 0 Å². The van der Waals surface area contributed by atoms with Crippen molar-refractivity contribution in [2.45, 2.75) is 40.2 Å². The monoisotopic (exact) mass is 217 g/mol. The molecular formula is C12H27NO2. The molecule has 1 N–H and O–H groups in total. The van der Waals surface area contributed by atoms with Crippen LogP contribution in [0.3, 0.4) is 0 Å². The smallest absolute Gasteiger partial charge is 0.0594 e. The summed E-state index contributed by atoms with van der Waals surface area (Å²) >= 11 is 0. The Morgan fingerprint density at radius 3 is 2.33 bits per heavy atom. The van der Waals surface area contributed by atoms with Crippen molar-refractivity contribution < 1.29 is 9.47 Å². The summed E-state index contributed by atoms with van der Waals surface area (Å²) in [6.07, 6.45) is 1.51. The Labute approximate surface area is 94.5 Å².